The van der Waals surface area contributed by atoms with E-state index < -0.39 is 11.9 Å². The summed E-state index contributed by atoms with van der Waals surface area (Å²) in [5.41, 5.74) is 8.98. The zero-order valence-corrected chi connectivity index (χ0v) is 18.4. The van der Waals surface area contributed by atoms with Crippen molar-refractivity contribution < 1.29 is 19.1 Å². The average Bonchev–Trinajstić information content (AvgIpc) is 3.06. The Labute approximate surface area is 186 Å². The molecule has 0 spiro atoms. The number of benzene rings is 3. The van der Waals surface area contributed by atoms with E-state index in [1.165, 1.54) is 7.11 Å². The summed E-state index contributed by atoms with van der Waals surface area (Å²) in [5, 5.41) is 1.46. The summed E-state index contributed by atoms with van der Waals surface area (Å²) in [6.45, 7) is 0.386. The molecule has 0 radical (unpaired) electrons. The van der Waals surface area contributed by atoms with Gasteiger partial charge in [0, 0.05) is 21.1 Å². The van der Waals surface area contributed by atoms with E-state index in [9.17, 15) is 9.59 Å². The number of ether oxygens (including phenoxy) is 2. The quantitative estimate of drug-likeness (QED) is 0.310. The number of carbonyl (C=O) groups is 2. The minimum Gasteiger partial charge on any atom is -0.481 e. The second-order valence-electron chi connectivity index (χ2n) is 6.80. The Hall–Kier alpha value is -3.07. The first kappa shape index (κ1) is 20.2. The number of carbonyl (C=O) groups excluding carboxylic acids is 2. The maximum atomic E-state index is 12.2. The molecule has 7 heteroatoms. The number of esters is 1. The SMILES string of the molecule is COC(=O)COc1cccc2c1c1c(C(N)=O)cccc1n2Cc1cccc(I)c1. The van der Waals surface area contributed by atoms with Gasteiger partial charge in [-0.15, -0.1) is 0 Å². The third-order valence-electron chi connectivity index (χ3n) is 4.95. The molecule has 2 N–H and O–H groups in total. The highest BCUT2D eigenvalue weighted by molar-refractivity contribution is 14.1. The monoisotopic (exact) mass is 514 g/mol. The molecule has 0 saturated carbocycles. The highest BCUT2D eigenvalue weighted by atomic mass is 127. The smallest absolute Gasteiger partial charge is 0.343 e. The van der Waals surface area contributed by atoms with E-state index >= 15 is 0 Å². The van der Waals surface area contributed by atoms with E-state index in [2.05, 4.69) is 44.0 Å². The van der Waals surface area contributed by atoms with Crippen molar-refractivity contribution in [1.82, 2.24) is 4.57 Å². The van der Waals surface area contributed by atoms with Gasteiger partial charge in [-0.25, -0.2) is 4.79 Å². The summed E-state index contributed by atoms with van der Waals surface area (Å²) in [7, 11) is 1.31. The van der Waals surface area contributed by atoms with Crippen molar-refractivity contribution >= 4 is 56.3 Å². The summed E-state index contributed by atoms with van der Waals surface area (Å²) in [5.74, 6) is -0.501. The van der Waals surface area contributed by atoms with Gasteiger partial charge in [0.1, 0.15) is 5.75 Å². The molecular weight excluding hydrogens is 495 g/mol. The molecule has 152 valence electrons. The number of amides is 1. The molecule has 1 heterocycles. The summed E-state index contributed by atoms with van der Waals surface area (Å²) >= 11 is 2.29. The first-order valence-electron chi connectivity index (χ1n) is 9.27. The van der Waals surface area contributed by atoms with Crippen LogP contribution in [0.4, 0.5) is 0 Å². The third-order valence-corrected chi connectivity index (χ3v) is 5.62. The van der Waals surface area contributed by atoms with Crippen LogP contribution in [-0.4, -0.2) is 30.2 Å². The van der Waals surface area contributed by atoms with Gasteiger partial charge in [-0.2, -0.15) is 0 Å². The molecular formula is C23H19IN2O4. The topological polar surface area (TPSA) is 83.6 Å². The van der Waals surface area contributed by atoms with Crippen molar-refractivity contribution in [1.29, 1.82) is 0 Å². The first-order valence-corrected chi connectivity index (χ1v) is 10.3. The first-order chi connectivity index (χ1) is 14.5. The van der Waals surface area contributed by atoms with Crippen molar-refractivity contribution in [2.45, 2.75) is 6.54 Å². The third kappa shape index (κ3) is 3.72. The zero-order valence-electron chi connectivity index (χ0n) is 16.2. The van der Waals surface area contributed by atoms with E-state index in [-0.39, 0.29) is 6.61 Å². The highest BCUT2D eigenvalue weighted by Crippen LogP contribution is 2.38. The van der Waals surface area contributed by atoms with Crippen LogP contribution < -0.4 is 10.5 Å². The van der Waals surface area contributed by atoms with Gasteiger partial charge in [-0.05, 0) is 64.6 Å². The molecule has 1 amide bonds. The number of nitrogens with two attached hydrogens (primary N) is 1. The number of rotatable bonds is 6. The van der Waals surface area contributed by atoms with Crippen LogP contribution >= 0.6 is 22.6 Å². The maximum Gasteiger partial charge on any atom is 0.343 e. The molecule has 0 saturated heterocycles. The molecule has 0 atom stereocenters. The fourth-order valence-corrected chi connectivity index (χ4v) is 4.27. The molecule has 0 fully saturated rings. The van der Waals surface area contributed by atoms with Crippen molar-refractivity contribution in [3.05, 3.63) is 75.4 Å². The number of methoxy groups -OCH3 is 1. The van der Waals surface area contributed by atoms with E-state index in [1.807, 2.05) is 36.4 Å². The highest BCUT2D eigenvalue weighted by Gasteiger charge is 2.20. The molecule has 0 bridgehead atoms. The van der Waals surface area contributed by atoms with Crippen LogP contribution in [0.3, 0.4) is 0 Å². The van der Waals surface area contributed by atoms with Crippen molar-refractivity contribution in [2.24, 2.45) is 5.73 Å². The lowest BCUT2D eigenvalue weighted by atomic mass is 10.1. The number of primary amides is 1. The van der Waals surface area contributed by atoms with Gasteiger partial charge in [0.05, 0.1) is 23.5 Å². The second-order valence-corrected chi connectivity index (χ2v) is 8.04. The fourth-order valence-electron chi connectivity index (χ4n) is 3.66. The fraction of sp³-hybridized carbons (Fsp3) is 0.130. The Bertz CT molecular complexity index is 1280. The Kier molecular flexibility index (Phi) is 5.63. The number of aromatic nitrogens is 1. The number of hydrogen-bond donors (Lipinski definition) is 1. The molecule has 6 nitrogen and oxygen atoms in total. The lowest BCUT2D eigenvalue weighted by Gasteiger charge is -2.09. The Morgan fingerprint density at radius 2 is 1.70 bits per heavy atom. The molecule has 0 aliphatic carbocycles. The Morgan fingerprint density at radius 1 is 1.00 bits per heavy atom. The molecule has 3 aromatic carbocycles. The Morgan fingerprint density at radius 3 is 2.40 bits per heavy atom. The van der Waals surface area contributed by atoms with Gasteiger partial charge in [0.2, 0.25) is 5.91 Å². The number of hydrogen-bond acceptors (Lipinski definition) is 4. The van der Waals surface area contributed by atoms with E-state index in [1.54, 1.807) is 12.1 Å². The largest absolute Gasteiger partial charge is 0.481 e. The van der Waals surface area contributed by atoms with Gasteiger partial charge in [0.25, 0.3) is 0 Å². The second kappa shape index (κ2) is 8.35. The van der Waals surface area contributed by atoms with Crippen molar-refractivity contribution in [3.8, 4) is 5.75 Å². The number of fused-ring (bicyclic) bond motifs is 3. The predicted molar refractivity (Wildman–Crippen MR) is 124 cm³/mol. The van der Waals surface area contributed by atoms with E-state index in [0.717, 1.165) is 25.6 Å². The number of nitrogens with zero attached hydrogens (tertiary/aromatic N) is 1. The molecule has 1 aromatic heterocycles. The molecule has 4 aromatic rings. The molecule has 30 heavy (non-hydrogen) atoms. The summed E-state index contributed by atoms with van der Waals surface area (Å²) in [6.07, 6.45) is 0. The lowest BCUT2D eigenvalue weighted by Crippen LogP contribution is -2.13. The predicted octanol–water partition coefficient (Wildman–Crippen LogP) is 4.10. The minimum atomic E-state index is -0.517. The van der Waals surface area contributed by atoms with Crippen LogP contribution in [0, 0.1) is 3.57 Å². The van der Waals surface area contributed by atoms with E-state index in [4.69, 9.17) is 10.5 Å². The van der Waals surface area contributed by atoms with Crippen molar-refractivity contribution in [3.63, 3.8) is 0 Å². The standard InChI is InChI=1S/C23H19IN2O4/c1-29-20(27)13-30-19-10-4-9-18-22(19)21-16(23(25)28)7-3-8-17(21)26(18)12-14-5-2-6-15(24)11-14/h2-11H,12-13H2,1H3,(H2,25,28). The average molecular weight is 514 g/mol. The van der Waals surface area contributed by atoms with Crippen LogP contribution in [0.15, 0.2) is 60.7 Å². The van der Waals surface area contributed by atoms with Crippen LogP contribution in [0.2, 0.25) is 0 Å². The lowest BCUT2D eigenvalue weighted by molar-refractivity contribution is -0.142. The number of halogens is 1. The molecule has 0 unspecified atom stereocenters. The summed E-state index contributed by atoms with van der Waals surface area (Å²) in [4.78, 5) is 23.8. The summed E-state index contributed by atoms with van der Waals surface area (Å²) < 4.78 is 13.7. The van der Waals surface area contributed by atoms with Gasteiger partial charge in [-0.3, -0.25) is 4.79 Å². The zero-order chi connectivity index (χ0) is 21.3. The van der Waals surface area contributed by atoms with Gasteiger partial charge >= 0.3 is 5.97 Å². The molecule has 4 rings (SSSR count). The Balaban J connectivity index is 1.98. The molecule has 0 aliphatic heterocycles. The molecule has 0 aliphatic rings. The van der Waals surface area contributed by atoms with Gasteiger partial charge in [0.15, 0.2) is 6.61 Å². The minimum absolute atomic E-state index is 0.224. The van der Waals surface area contributed by atoms with Crippen LogP contribution in [-0.2, 0) is 16.1 Å². The van der Waals surface area contributed by atoms with Crippen LogP contribution in [0.25, 0.3) is 21.8 Å². The summed E-state index contributed by atoms with van der Waals surface area (Å²) in [6, 6.07) is 19.3. The van der Waals surface area contributed by atoms with Crippen LogP contribution in [0.1, 0.15) is 15.9 Å². The van der Waals surface area contributed by atoms with Crippen molar-refractivity contribution in [2.75, 3.05) is 13.7 Å². The normalized spacial score (nSPS) is 11.0. The van der Waals surface area contributed by atoms with Crippen LogP contribution in [0.5, 0.6) is 5.75 Å². The van der Waals surface area contributed by atoms with Gasteiger partial charge in [-0.1, -0.05) is 24.3 Å². The maximum absolute atomic E-state index is 12.2. The van der Waals surface area contributed by atoms with E-state index in [0.29, 0.717) is 23.2 Å². The van der Waals surface area contributed by atoms with Gasteiger partial charge < -0.3 is 19.8 Å².